The number of benzene rings is 1. The molecule has 0 radical (unpaired) electrons. The third-order valence-electron chi connectivity index (χ3n) is 2.54. The largest absolute Gasteiger partial charge is 0.399 e. The summed E-state index contributed by atoms with van der Waals surface area (Å²) in [4.78, 5) is 11.6. The van der Waals surface area contributed by atoms with E-state index in [9.17, 15) is 4.79 Å². The number of nitrogens with two attached hydrogens (primary N) is 1. The van der Waals surface area contributed by atoms with Gasteiger partial charge in [0.05, 0.1) is 12.7 Å². The maximum Gasteiger partial charge on any atom is 0.220 e. The summed E-state index contributed by atoms with van der Waals surface area (Å²) >= 11 is 0. The van der Waals surface area contributed by atoms with Crippen LogP contribution in [0, 0.1) is 0 Å². The second kappa shape index (κ2) is 5.86. The van der Waals surface area contributed by atoms with Crippen LogP contribution in [-0.2, 0) is 17.8 Å². The molecule has 0 aliphatic heterocycles. The summed E-state index contributed by atoms with van der Waals surface area (Å²) in [5.74, 6) is 0.626. The third-order valence-corrected chi connectivity index (χ3v) is 2.54. The van der Waals surface area contributed by atoms with Crippen LogP contribution in [0.3, 0.4) is 0 Å². The molecular weight excluding hydrogens is 230 g/mol. The highest BCUT2D eigenvalue weighted by atomic mass is 16.5. The van der Waals surface area contributed by atoms with Gasteiger partial charge in [-0.05, 0) is 24.1 Å². The van der Waals surface area contributed by atoms with Crippen molar-refractivity contribution in [3.63, 3.8) is 0 Å². The molecule has 0 saturated carbocycles. The van der Waals surface area contributed by atoms with Crippen LogP contribution >= 0.6 is 0 Å². The molecule has 5 heteroatoms. The summed E-state index contributed by atoms with van der Waals surface area (Å²) in [5.41, 5.74) is 7.45. The molecule has 2 rings (SSSR count). The van der Waals surface area contributed by atoms with Gasteiger partial charge in [0, 0.05) is 18.2 Å². The van der Waals surface area contributed by atoms with Gasteiger partial charge in [0.25, 0.3) is 0 Å². The van der Waals surface area contributed by atoms with Crippen molar-refractivity contribution >= 4 is 11.6 Å². The summed E-state index contributed by atoms with van der Waals surface area (Å²) in [6.45, 7) is 0.371. The Bertz CT molecular complexity index is 509. The van der Waals surface area contributed by atoms with Crippen LogP contribution in [0.1, 0.15) is 17.7 Å². The smallest absolute Gasteiger partial charge is 0.220 e. The van der Waals surface area contributed by atoms with Gasteiger partial charge >= 0.3 is 0 Å². The molecule has 1 heterocycles. The van der Waals surface area contributed by atoms with Crippen LogP contribution in [0.15, 0.2) is 41.1 Å². The monoisotopic (exact) mass is 245 g/mol. The predicted octanol–water partition coefficient (Wildman–Crippen LogP) is 1.51. The summed E-state index contributed by atoms with van der Waals surface area (Å²) in [7, 11) is 0. The zero-order valence-electron chi connectivity index (χ0n) is 9.93. The van der Waals surface area contributed by atoms with Gasteiger partial charge in [0.1, 0.15) is 0 Å². The van der Waals surface area contributed by atoms with Crippen molar-refractivity contribution in [1.29, 1.82) is 0 Å². The highest BCUT2D eigenvalue weighted by Crippen LogP contribution is 2.08. The molecule has 1 amide bonds. The van der Waals surface area contributed by atoms with Gasteiger partial charge in [0.2, 0.25) is 5.91 Å². The van der Waals surface area contributed by atoms with Gasteiger partial charge in [-0.25, -0.2) is 0 Å². The van der Waals surface area contributed by atoms with Crippen LogP contribution in [0.4, 0.5) is 5.69 Å². The molecule has 1 aromatic heterocycles. The van der Waals surface area contributed by atoms with E-state index in [0.29, 0.717) is 25.1 Å². The minimum atomic E-state index is -0.0196. The van der Waals surface area contributed by atoms with E-state index in [-0.39, 0.29) is 5.91 Å². The molecule has 5 nitrogen and oxygen atoms in total. The third kappa shape index (κ3) is 3.62. The number of nitrogens with zero attached hydrogens (tertiary/aromatic N) is 1. The number of amides is 1. The van der Waals surface area contributed by atoms with Crippen LogP contribution in [0.5, 0.6) is 0 Å². The first-order valence-corrected chi connectivity index (χ1v) is 5.75. The highest BCUT2D eigenvalue weighted by Gasteiger charge is 2.04. The molecule has 0 spiro atoms. The standard InChI is InChI=1S/C13H15N3O2/c14-11-3-1-2-10(8-11)4-5-13(17)15-9-12-6-7-16-18-12/h1-3,6-8H,4-5,9,14H2,(H,15,17). The van der Waals surface area contributed by atoms with E-state index in [1.165, 1.54) is 0 Å². The van der Waals surface area contributed by atoms with Crippen molar-refractivity contribution in [1.82, 2.24) is 10.5 Å². The average molecular weight is 245 g/mol. The van der Waals surface area contributed by atoms with E-state index in [1.807, 2.05) is 24.3 Å². The second-order valence-electron chi connectivity index (χ2n) is 4.00. The Morgan fingerprint density at radius 2 is 2.28 bits per heavy atom. The topological polar surface area (TPSA) is 81.2 Å². The van der Waals surface area contributed by atoms with E-state index in [4.69, 9.17) is 10.3 Å². The number of hydrogen-bond acceptors (Lipinski definition) is 4. The fourth-order valence-electron chi connectivity index (χ4n) is 1.61. The minimum absolute atomic E-state index is 0.0196. The van der Waals surface area contributed by atoms with E-state index >= 15 is 0 Å². The van der Waals surface area contributed by atoms with E-state index < -0.39 is 0 Å². The molecule has 3 N–H and O–H groups in total. The number of anilines is 1. The molecule has 2 aromatic rings. The minimum Gasteiger partial charge on any atom is -0.399 e. The Balaban J connectivity index is 1.75. The Hall–Kier alpha value is -2.30. The lowest BCUT2D eigenvalue weighted by atomic mass is 10.1. The normalized spacial score (nSPS) is 10.2. The van der Waals surface area contributed by atoms with Crippen molar-refractivity contribution in [2.45, 2.75) is 19.4 Å². The number of nitrogens with one attached hydrogen (secondary N) is 1. The molecule has 18 heavy (non-hydrogen) atoms. The van der Waals surface area contributed by atoms with Gasteiger partial charge in [-0.2, -0.15) is 0 Å². The Kier molecular flexibility index (Phi) is 3.96. The zero-order chi connectivity index (χ0) is 12.8. The molecule has 0 bridgehead atoms. The lowest BCUT2D eigenvalue weighted by molar-refractivity contribution is -0.121. The first kappa shape index (κ1) is 12.2. The molecule has 0 unspecified atom stereocenters. The highest BCUT2D eigenvalue weighted by molar-refractivity contribution is 5.76. The number of hydrogen-bond donors (Lipinski definition) is 2. The summed E-state index contributed by atoms with van der Waals surface area (Å²) in [6.07, 6.45) is 2.65. The van der Waals surface area contributed by atoms with Crippen molar-refractivity contribution < 1.29 is 9.32 Å². The molecular formula is C13H15N3O2. The fraction of sp³-hybridized carbons (Fsp3) is 0.231. The predicted molar refractivity (Wildman–Crippen MR) is 67.5 cm³/mol. The summed E-state index contributed by atoms with van der Waals surface area (Å²) < 4.78 is 4.88. The molecule has 1 aromatic carbocycles. The number of rotatable bonds is 5. The van der Waals surface area contributed by atoms with Gasteiger partial charge in [0.15, 0.2) is 5.76 Å². The maximum absolute atomic E-state index is 11.6. The Morgan fingerprint density at radius 1 is 1.39 bits per heavy atom. The lowest BCUT2D eigenvalue weighted by Crippen LogP contribution is -2.22. The quantitative estimate of drug-likeness (QED) is 0.782. The molecule has 0 atom stereocenters. The molecule has 0 fully saturated rings. The SMILES string of the molecule is Nc1cccc(CCC(=O)NCc2ccno2)c1. The van der Waals surface area contributed by atoms with Crippen LogP contribution < -0.4 is 11.1 Å². The van der Waals surface area contributed by atoms with E-state index in [1.54, 1.807) is 12.3 Å². The zero-order valence-corrected chi connectivity index (χ0v) is 9.93. The van der Waals surface area contributed by atoms with Crippen molar-refractivity contribution in [3.05, 3.63) is 47.9 Å². The first-order valence-electron chi connectivity index (χ1n) is 5.75. The molecule has 0 aliphatic carbocycles. The second-order valence-corrected chi connectivity index (χ2v) is 4.00. The van der Waals surface area contributed by atoms with Crippen LogP contribution in [0.25, 0.3) is 0 Å². The number of carbonyl (C=O) groups is 1. The van der Waals surface area contributed by atoms with Gasteiger partial charge in [-0.1, -0.05) is 17.3 Å². The Labute approximate surface area is 105 Å². The molecule has 94 valence electrons. The average Bonchev–Trinajstić information content (AvgIpc) is 2.87. The van der Waals surface area contributed by atoms with Gasteiger partial charge < -0.3 is 15.6 Å². The Morgan fingerprint density at radius 3 is 3.00 bits per heavy atom. The van der Waals surface area contributed by atoms with Crippen LogP contribution in [-0.4, -0.2) is 11.1 Å². The fourth-order valence-corrected chi connectivity index (χ4v) is 1.61. The van der Waals surface area contributed by atoms with Crippen LogP contribution in [0.2, 0.25) is 0 Å². The van der Waals surface area contributed by atoms with Crippen molar-refractivity contribution in [2.24, 2.45) is 0 Å². The number of carbonyl (C=O) groups excluding carboxylic acids is 1. The van der Waals surface area contributed by atoms with Gasteiger partial charge in [-0.3, -0.25) is 4.79 Å². The maximum atomic E-state index is 11.6. The van der Waals surface area contributed by atoms with Crippen molar-refractivity contribution in [2.75, 3.05) is 5.73 Å². The van der Waals surface area contributed by atoms with Gasteiger partial charge in [-0.15, -0.1) is 0 Å². The van der Waals surface area contributed by atoms with Crippen molar-refractivity contribution in [3.8, 4) is 0 Å². The lowest BCUT2D eigenvalue weighted by Gasteiger charge is -2.04. The number of aromatic nitrogens is 1. The number of aryl methyl sites for hydroxylation is 1. The summed E-state index contributed by atoms with van der Waals surface area (Å²) in [5, 5.41) is 6.33. The molecule has 0 aliphatic rings. The first-order chi connectivity index (χ1) is 8.74. The number of nitrogen functional groups attached to an aromatic ring is 1. The molecule has 0 saturated heterocycles. The van der Waals surface area contributed by atoms with E-state index in [0.717, 1.165) is 11.3 Å². The summed E-state index contributed by atoms with van der Waals surface area (Å²) in [6, 6.07) is 9.27. The van der Waals surface area contributed by atoms with E-state index in [2.05, 4.69) is 10.5 Å².